The molecule has 2 aromatic heterocycles. The number of nitro groups is 1. The Bertz CT molecular complexity index is 3290. The van der Waals surface area contributed by atoms with Crippen LogP contribution >= 0.6 is 0 Å². The van der Waals surface area contributed by atoms with E-state index in [4.69, 9.17) is 15.2 Å². The number of nitrogens with one attached hydrogen (secondary N) is 2. The third-order valence-corrected chi connectivity index (χ3v) is 10.7. The highest BCUT2D eigenvalue weighted by molar-refractivity contribution is 6.10. The van der Waals surface area contributed by atoms with Crippen molar-refractivity contribution in [3.63, 3.8) is 0 Å². The van der Waals surface area contributed by atoms with Crippen molar-refractivity contribution in [2.24, 2.45) is 0 Å². The number of hydrogen-bond acceptors (Lipinski definition) is 11. The van der Waals surface area contributed by atoms with E-state index in [2.05, 4.69) is 20.6 Å². The predicted octanol–water partition coefficient (Wildman–Crippen LogP) is 12.7. The molecule has 0 radical (unpaired) electrons. The number of benzene rings is 6. The normalized spacial score (nSPS) is 11.0. The summed E-state index contributed by atoms with van der Waals surface area (Å²) >= 11 is 0. The maximum atomic E-state index is 13.3. The van der Waals surface area contributed by atoms with Gasteiger partial charge in [-0.3, -0.25) is 29.7 Å². The summed E-state index contributed by atoms with van der Waals surface area (Å²) < 4.78 is 11.1. The maximum absolute atomic E-state index is 13.3. The van der Waals surface area contributed by atoms with Crippen LogP contribution in [0.5, 0.6) is 0 Å². The minimum atomic E-state index is -0.761. The molecule has 2 amide bonds. The van der Waals surface area contributed by atoms with Gasteiger partial charge in [0, 0.05) is 53.2 Å². The Kier molecular flexibility index (Phi) is 15.4. The number of nitro benzene ring substituents is 1. The van der Waals surface area contributed by atoms with Gasteiger partial charge in [-0.1, -0.05) is 103 Å². The number of rotatable bonds is 11. The van der Waals surface area contributed by atoms with E-state index in [9.17, 15) is 29.3 Å². The molecule has 362 valence electrons. The predicted molar refractivity (Wildman–Crippen MR) is 280 cm³/mol. The lowest BCUT2D eigenvalue weighted by atomic mass is 10.00. The van der Waals surface area contributed by atoms with Crippen molar-refractivity contribution < 1.29 is 33.6 Å². The zero-order valence-electron chi connectivity index (χ0n) is 40.5. The second-order valence-electron chi connectivity index (χ2n) is 18.5. The van der Waals surface area contributed by atoms with Gasteiger partial charge in [-0.15, -0.1) is 0 Å². The Labute approximate surface area is 417 Å². The second-order valence-corrected chi connectivity index (χ2v) is 18.5. The molecule has 0 spiro atoms. The third kappa shape index (κ3) is 13.1. The molecular weight excluding hydrogens is 909 g/mol. The van der Waals surface area contributed by atoms with Crippen LogP contribution in [0.4, 0.5) is 22.7 Å². The summed E-state index contributed by atoms with van der Waals surface area (Å²) in [7, 11) is 0. The zero-order valence-corrected chi connectivity index (χ0v) is 40.5. The van der Waals surface area contributed by atoms with Crippen LogP contribution in [-0.2, 0) is 9.47 Å². The smallest absolute Gasteiger partial charge is 0.340 e. The molecule has 8 rings (SSSR count). The number of anilines is 3. The van der Waals surface area contributed by atoms with Crippen LogP contribution in [0.3, 0.4) is 0 Å². The Morgan fingerprint density at radius 3 is 1.32 bits per heavy atom. The standard InChI is InChI=1S/C29H25N3O5.C29H27N3O3/c1-29(2,3)37-28(34)24-14-13-20(23-11-7-8-12-26(23)32(35)36)16-25(24)31-27(33)22-15-21(17-30-18-22)19-9-5-4-6-10-19;1-29(2,3)35-28(34)24-14-13-20(23-11-7-8-12-25(23)30)16-26(24)32-27(33)22-15-21(17-31-18-22)19-9-5-4-6-10-19/h4-18H,1-3H3,(H,31,33);4-18H,30H2,1-3H3,(H,32,33). The first-order chi connectivity index (χ1) is 34.3. The molecule has 72 heavy (non-hydrogen) atoms. The molecule has 8 aromatic rings. The number of pyridine rings is 2. The average Bonchev–Trinajstić information content (AvgIpc) is 3.36. The highest BCUT2D eigenvalue weighted by atomic mass is 16.6. The lowest BCUT2D eigenvalue weighted by Crippen LogP contribution is -2.25. The first kappa shape index (κ1) is 50.6. The average molecular weight is 961 g/mol. The van der Waals surface area contributed by atoms with E-state index >= 15 is 0 Å². The van der Waals surface area contributed by atoms with Crippen LogP contribution in [0.1, 0.15) is 83.0 Å². The molecule has 4 N–H and O–H groups in total. The van der Waals surface area contributed by atoms with Crippen molar-refractivity contribution in [3.8, 4) is 44.5 Å². The number of nitrogens with two attached hydrogens (primary N) is 1. The molecule has 0 fully saturated rings. The van der Waals surface area contributed by atoms with Gasteiger partial charge in [0.05, 0.1) is 44.1 Å². The van der Waals surface area contributed by atoms with E-state index < -0.39 is 39.9 Å². The molecule has 0 saturated carbocycles. The fourth-order valence-corrected chi connectivity index (χ4v) is 7.38. The fraction of sp³-hybridized carbons (Fsp3) is 0.138. The second kappa shape index (κ2) is 22.0. The zero-order chi connectivity index (χ0) is 51.6. The first-order valence-electron chi connectivity index (χ1n) is 22.8. The summed E-state index contributed by atoms with van der Waals surface area (Å²) in [6.45, 7) is 10.6. The van der Waals surface area contributed by atoms with Gasteiger partial charge < -0.3 is 25.8 Å². The summed E-state index contributed by atoms with van der Waals surface area (Å²) in [5.41, 5.74) is 12.5. The van der Waals surface area contributed by atoms with Gasteiger partial charge in [0.15, 0.2) is 0 Å². The number of nitrogen functional groups attached to an aromatic ring is 1. The van der Waals surface area contributed by atoms with Gasteiger partial charge in [-0.05, 0) is 112 Å². The molecule has 0 aliphatic carbocycles. The highest BCUT2D eigenvalue weighted by Gasteiger charge is 2.25. The number of hydrogen-bond donors (Lipinski definition) is 3. The number of nitrogens with zero attached hydrogens (tertiary/aromatic N) is 3. The topological polar surface area (TPSA) is 206 Å². The van der Waals surface area contributed by atoms with Gasteiger partial charge >= 0.3 is 11.9 Å². The van der Waals surface area contributed by atoms with Crippen LogP contribution in [0.2, 0.25) is 0 Å². The van der Waals surface area contributed by atoms with Crippen LogP contribution in [0.25, 0.3) is 44.5 Å². The number of aromatic nitrogens is 2. The molecule has 2 heterocycles. The number of para-hydroxylation sites is 2. The van der Waals surface area contributed by atoms with Gasteiger partial charge in [-0.25, -0.2) is 9.59 Å². The number of ether oxygens (including phenoxy) is 2. The summed E-state index contributed by atoms with van der Waals surface area (Å²) in [5.74, 6) is -2.04. The van der Waals surface area contributed by atoms with Gasteiger partial charge in [0.1, 0.15) is 11.2 Å². The van der Waals surface area contributed by atoms with E-state index in [-0.39, 0.29) is 28.1 Å². The molecule has 14 nitrogen and oxygen atoms in total. The SMILES string of the molecule is CC(C)(C)OC(=O)c1ccc(-c2ccccc2N)cc1NC(=O)c1cncc(-c2ccccc2)c1.CC(C)(C)OC(=O)c1ccc(-c2ccccc2[N+](=O)[O-])cc1NC(=O)c1cncc(-c2ccccc2)c1. The lowest BCUT2D eigenvalue weighted by molar-refractivity contribution is -0.384. The molecule has 0 bridgehead atoms. The largest absolute Gasteiger partial charge is 0.456 e. The van der Waals surface area contributed by atoms with Gasteiger partial charge in [0.2, 0.25) is 0 Å². The molecule has 0 aliphatic rings. The quantitative estimate of drug-likeness (QED) is 0.0481. The van der Waals surface area contributed by atoms with E-state index in [0.717, 1.165) is 33.4 Å². The van der Waals surface area contributed by atoms with Gasteiger partial charge in [-0.2, -0.15) is 0 Å². The molecule has 0 saturated heterocycles. The van der Waals surface area contributed by atoms with Crippen molar-refractivity contribution in [3.05, 3.63) is 215 Å². The van der Waals surface area contributed by atoms with Crippen molar-refractivity contribution in [2.75, 3.05) is 16.4 Å². The van der Waals surface area contributed by atoms with Crippen molar-refractivity contribution >= 4 is 46.5 Å². The molecular formula is C58H52N6O8. The Balaban J connectivity index is 0.000000212. The Morgan fingerprint density at radius 1 is 0.486 bits per heavy atom. The number of carbonyl (C=O) groups is 4. The van der Waals surface area contributed by atoms with Crippen molar-refractivity contribution in [1.82, 2.24) is 9.97 Å². The van der Waals surface area contributed by atoms with Crippen molar-refractivity contribution in [1.29, 1.82) is 0 Å². The number of carbonyl (C=O) groups excluding carboxylic acids is 4. The van der Waals surface area contributed by atoms with E-state index in [1.54, 1.807) is 115 Å². The van der Waals surface area contributed by atoms with Gasteiger partial charge in [0.25, 0.3) is 17.5 Å². The number of esters is 2. The molecule has 0 aliphatic heterocycles. The van der Waals surface area contributed by atoms with Crippen LogP contribution in [-0.4, -0.2) is 49.8 Å². The summed E-state index contributed by atoms with van der Waals surface area (Å²) in [6, 6.07) is 46.1. The summed E-state index contributed by atoms with van der Waals surface area (Å²) in [4.78, 5) is 72.0. The van der Waals surface area contributed by atoms with Crippen LogP contribution in [0, 0.1) is 10.1 Å². The number of amides is 2. The third-order valence-electron chi connectivity index (χ3n) is 10.7. The summed E-state index contributed by atoms with van der Waals surface area (Å²) in [5, 5.41) is 17.2. The highest BCUT2D eigenvalue weighted by Crippen LogP contribution is 2.35. The van der Waals surface area contributed by atoms with Crippen LogP contribution < -0.4 is 16.4 Å². The Hall–Kier alpha value is -9.30. The van der Waals surface area contributed by atoms with Crippen LogP contribution in [0.15, 0.2) is 183 Å². The van der Waals surface area contributed by atoms with Crippen molar-refractivity contribution in [2.45, 2.75) is 52.7 Å². The molecule has 14 heteroatoms. The minimum absolute atomic E-state index is 0.0930. The monoisotopic (exact) mass is 960 g/mol. The van der Waals surface area contributed by atoms with E-state index in [1.165, 1.54) is 30.6 Å². The maximum Gasteiger partial charge on any atom is 0.340 e. The van der Waals surface area contributed by atoms with E-state index in [0.29, 0.717) is 28.1 Å². The fourth-order valence-electron chi connectivity index (χ4n) is 7.38. The minimum Gasteiger partial charge on any atom is -0.456 e. The Morgan fingerprint density at radius 2 is 0.889 bits per heavy atom. The van der Waals surface area contributed by atoms with E-state index in [1.807, 2.05) is 78.9 Å². The molecule has 0 unspecified atom stereocenters. The summed E-state index contributed by atoms with van der Waals surface area (Å²) in [6.07, 6.45) is 6.29. The molecule has 0 atom stereocenters. The first-order valence-corrected chi connectivity index (χ1v) is 22.8. The lowest BCUT2D eigenvalue weighted by Gasteiger charge is -2.21. The molecule has 6 aromatic carbocycles.